The first kappa shape index (κ1) is 18.0. The Morgan fingerprint density at radius 3 is 2.52 bits per heavy atom. The molecule has 1 atom stereocenters. The Balaban J connectivity index is 1.80. The Morgan fingerprint density at radius 2 is 1.88 bits per heavy atom. The highest BCUT2D eigenvalue weighted by atomic mass is 16.3. The molecule has 0 saturated carbocycles. The van der Waals surface area contributed by atoms with E-state index in [-0.39, 0.29) is 13.0 Å². The van der Waals surface area contributed by atoms with Crippen molar-refractivity contribution in [1.29, 1.82) is 0 Å². The minimum Gasteiger partial charge on any atom is -0.465 e. The molecule has 0 unspecified atom stereocenters. The van der Waals surface area contributed by atoms with Crippen LogP contribution in [0, 0.1) is 0 Å². The van der Waals surface area contributed by atoms with Crippen LogP contribution in [0.3, 0.4) is 0 Å². The quantitative estimate of drug-likeness (QED) is 0.611. The van der Waals surface area contributed by atoms with Crippen molar-refractivity contribution < 1.29 is 18.8 Å². The first-order valence-corrected chi connectivity index (χ1v) is 7.66. The predicted octanol–water partition coefficient (Wildman–Crippen LogP) is 0.622. The fourth-order valence-electron chi connectivity index (χ4n) is 2.09. The first-order valence-electron chi connectivity index (χ1n) is 7.66. The van der Waals surface area contributed by atoms with Crippen molar-refractivity contribution in [3.63, 3.8) is 0 Å². The third-order valence-corrected chi connectivity index (χ3v) is 3.33. The average molecular weight is 341 g/mol. The number of hydrogen-bond donors (Lipinski definition) is 3. The summed E-state index contributed by atoms with van der Waals surface area (Å²) in [5.41, 5.74) is 6.20. The van der Waals surface area contributed by atoms with Crippen LogP contribution in [0.2, 0.25) is 0 Å². The molecule has 0 radical (unpaired) electrons. The van der Waals surface area contributed by atoms with Crippen molar-refractivity contribution in [2.24, 2.45) is 5.73 Å². The molecule has 0 aliphatic carbocycles. The van der Waals surface area contributed by atoms with Crippen LogP contribution in [0.4, 0.5) is 0 Å². The standard InChI is InChI=1S/C18H19N3O4/c19-18(24)15(11-13-5-2-1-3-6-13)21-17(23)12-20-16(22)9-8-14-7-4-10-25-14/h1-10,15H,11-12H2,(H2,19,24)(H,20,22)(H,21,23)/b9-8-/t15-/m1/s1. The number of carbonyl (C=O) groups excluding carboxylic acids is 3. The van der Waals surface area contributed by atoms with Gasteiger partial charge < -0.3 is 20.8 Å². The summed E-state index contributed by atoms with van der Waals surface area (Å²) >= 11 is 0. The van der Waals surface area contributed by atoms with E-state index in [4.69, 9.17) is 10.2 Å². The number of nitrogens with two attached hydrogens (primary N) is 1. The molecule has 0 fully saturated rings. The maximum Gasteiger partial charge on any atom is 0.244 e. The highest BCUT2D eigenvalue weighted by Crippen LogP contribution is 2.03. The number of rotatable bonds is 8. The van der Waals surface area contributed by atoms with Crippen LogP contribution >= 0.6 is 0 Å². The van der Waals surface area contributed by atoms with Gasteiger partial charge in [-0.2, -0.15) is 0 Å². The molecule has 0 spiro atoms. The van der Waals surface area contributed by atoms with Gasteiger partial charge in [-0.1, -0.05) is 30.3 Å². The number of furan rings is 1. The number of primary amides is 1. The molecule has 3 amide bonds. The molecule has 2 rings (SSSR count). The summed E-state index contributed by atoms with van der Waals surface area (Å²) in [6, 6.07) is 11.7. The molecule has 25 heavy (non-hydrogen) atoms. The van der Waals surface area contributed by atoms with E-state index in [9.17, 15) is 14.4 Å². The second-order valence-corrected chi connectivity index (χ2v) is 5.28. The Morgan fingerprint density at radius 1 is 1.12 bits per heavy atom. The van der Waals surface area contributed by atoms with Gasteiger partial charge in [0.05, 0.1) is 12.8 Å². The van der Waals surface area contributed by atoms with Crippen molar-refractivity contribution in [1.82, 2.24) is 10.6 Å². The van der Waals surface area contributed by atoms with Gasteiger partial charge in [0.15, 0.2) is 0 Å². The molecule has 130 valence electrons. The largest absolute Gasteiger partial charge is 0.465 e. The lowest BCUT2D eigenvalue weighted by molar-refractivity contribution is -0.127. The third-order valence-electron chi connectivity index (χ3n) is 3.33. The van der Waals surface area contributed by atoms with Gasteiger partial charge in [0, 0.05) is 12.5 Å². The summed E-state index contributed by atoms with van der Waals surface area (Å²) in [4.78, 5) is 35.1. The fourth-order valence-corrected chi connectivity index (χ4v) is 2.09. The zero-order chi connectivity index (χ0) is 18.1. The lowest BCUT2D eigenvalue weighted by Crippen LogP contribution is -2.48. The van der Waals surface area contributed by atoms with Crippen molar-refractivity contribution in [3.8, 4) is 0 Å². The monoisotopic (exact) mass is 341 g/mol. The maximum absolute atomic E-state index is 11.9. The molecule has 0 saturated heterocycles. The highest BCUT2D eigenvalue weighted by Gasteiger charge is 2.18. The zero-order valence-corrected chi connectivity index (χ0v) is 13.5. The number of hydrogen-bond acceptors (Lipinski definition) is 4. The highest BCUT2D eigenvalue weighted by molar-refractivity contribution is 5.95. The number of nitrogens with one attached hydrogen (secondary N) is 2. The lowest BCUT2D eigenvalue weighted by Gasteiger charge is -2.15. The summed E-state index contributed by atoms with van der Waals surface area (Å²) in [7, 11) is 0. The number of benzene rings is 1. The number of carbonyl (C=O) groups is 3. The molecule has 1 heterocycles. The van der Waals surface area contributed by atoms with Gasteiger partial charge in [0.25, 0.3) is 0 Å². The molecule has 0 aliphatic rings. The molecule has 7 nitrogen and oxygen atoms in total. The van der Waals surface area contributed by atoms with Crippen LogP contribution in [0.5, 0.6) is 0 Å². The molecule has 2 aromatic rings. The van der Waals surface area contributed by atoms with E-state index in [0.717, 1.165) is 5.56 Å². The van der Waals surface area contributed by atoms with Crippen LogP contribution in [0.15, 0.2) is 59.2 Å². The van der Waals surface area contributed by atoms with Crippen molar-refractivity contribution >= 4 is 23.8 Å². The molecule has 1 aromatic heterocycles. The van der Waals surface area contributed by atoms with E-state index in [2.05, 4.69) is 10.6 Å². The van der Waals surface area contributed by atoms with Gasteiger partial charge >= 0.3 is 0 Å². The molecule has 4 N–H and O–H groups in total. The van der Waals surface area contributed by atoms with Gasteiger partial charge in [-0.15, -0.1) is 0 Å². The zero-order valence-electron chi connectivity index (χ0n) is 13.5. The number of amides is 3. The van der Waals surface area contributed by atoms with Crippen molar-refractivity contribution in [2.75, 3.05) is 6.54 Å². The first-order chi connectivity index (χ1) is 12.0. The summed E-state index contributed by atoms with van der Waals surface area (Å²) in [5, 5.41) is 4.94. The van der Waals surface area contributed by atoms with E-state index < -0.39 is 23.8 Å². The summed E-state index contributed by atoms with van der Waals surface area (Å²) < 4.78 is 5.05. The van der Waals surface area contributed by atoms with Crippen LogP contribution in [-0.2, 0) is 20.8 Å². The Kier molecular flexibility index (Phi) is 6.53. The average Bonchev–Trinajstić information content (AvgIpc) is 3.12. The van der Waals surface area contributed by atoms with Crippen molar-refractivity contribution in [3.05, 3.63) is 66.1 Å². The summed E-state index contributed by atoms with van der Waals surface area (Å²) in [6.07, 6.45) is 4.51. The van der Waals surface area contributed by atoms with Crippen LogP contribution < -0.4 is 16.4 Å². The van der Waals surface area contributed by atoms with Gasteiger partial charge in [-0.05, 0) is 23.8 Å². The molecular weight excluding hydrogens is 322 g/mol. The molecule has 0 bridgehead atoms. The van der Waals surface area contributed by atoms with Crippen LogP contribution in [0.1, 0.15) is 11.3 Å². The minimum absolute atomic E-state index is 0.264. The Bertz CT molecular complexity index is 739. The van der Waals surface area contributed by atoms with Gasteiger partial charge in [0.2, 0.25) is 17.7 Å². The van der Waals surface area contributed by atoms with Gasteiger partial charge in [0.1, 0.15) is 11.8 Å². The van der Waals surface area contributed by atoms with Crippen molar-refractivity contribution in [2.45, 2.75) is 12.5 Å². The van der Waals surface area contributed by atoms with E-state index >= 15 is 0 Å². The van der Waals surface area contributed by atoms with Gasteiger partial charge in [-0.25, -0.2) is 0 Å². The lowest BCUT2D eigenvalue weighted by atomic mass is 10.1. The smallest absolute Gasteiger partial charge is 0.244 e. The van der Waals surface area contributed by atoms with E-state index in [0.29, 0.717) is 5.76 Å². The van der Waals surface area contributed by atoms with Gasteiger partial charge in [-0.3, -0.25) is 14.4 Å². The maximum atomic E-state index is 11.9. The van der Waals surface area contributed by atoms with E-state index in [1.807, 2.05) is 30.3 Å². The molecular formula is C18H19N3O4. The summed E-state index contributed by atoms with van der Waals surface area (Å²) in [6.45, 7) is -0.264. The Labute approximate surface area is 144 Å². The van der Waals surface area contributed by atoms with E-state index in [1.165, 1.54) is 18.4 Å². The topological polar surface area (TPSA) is 114 Å². The minimum atomic E-state index is -0.842. The second kappa shape index (κ2) is 9.07. The predicted molar refractivity (Wildman–Crippen MR) is 92.0 cm³/mol. The normalized spacial score (nSPS) is 11.8. The molecule has 7 heteroatoms. The van der Waals surface area contributed by atoms with Crippen LogP contribution in [-0.4, -0.2) is 30.3 Å². The second-order valence-electron chi connectivity index (χ2n) is 5.28. The Hall–Kier alpha value is -3.35. The fraction of sp³-hybridized carbons (Fsp3) is 0.167. The molecule has 1 aromatic carbocycles. The molecule has 0 aliphatic heterocycles. The van der Waals surface area contributed by atoms with Crippen LogP contribution in [0.25, 0.3) is 6.08 Å². The summed E-state index contributed by atoms with van der Waals surface area (Å²) in [5.74, 6) is -1.07. The third kappa shape index (κ3) is 6.34. The van der Waals surface area contributed by atoms with E-state index in [1.54, 1.807) is 12.1 Å². The SMILES string of the molecule is NC(=O)[C@@H](Cc1ccccc1)NC(=O)CNC(=O)/C=C\c1ccco1.